The normalized spacial score (nSPS) is 10.8. The van der Waals surface area contributed by atoms with Gasteiger partial charge >= 0.3 is 0 Å². The highest BCUT2D eigenvalue weighted by molar-refractivity contribution is 7.99. The molecular formula is C9H18N4S. The molecule has 0 aliphatic heterocycles. The highest BCUT2D eigenvalue weighted by Crippen LogP contribution is 2.15. The van der Waals surface area contributed by atoms with Crippen LogP contribution in [0.3, 0.4) is 0 Å². The van der Waals surface area contributed by atoms with Crippen LogP contribution >= 0.6 is 11.8 Å². The zero-order chi connectivity index (χ0) is 10.4. The molecule has 0 radical (unpaired) electrons. The lowest BCUT2D eigenvalue weighted by molar-refractivity contribution is 0.705. The second-order valence-corrected chi connectivity index (χ2v) is 4.21. The minimum absolute atomic E-state index is 0.971. The van der Waals surface area contributed by atoms with Gasteiger partial charge in [0.1, 0.15) is 5.82 Å². The maximum atomic E-state index is 4.09. The summed E-state index contributed by atoms with van der Waals surface area (Å²) in [5, 5.41) is 12.4. The molecule has 1 aromatic rings. The Balaban J connectivity index is 2.21. The van der Waals surface area contributed by atoms with Gasteiger partial charge in [0.05, 0.1) is 0 Å². The fourth-order valence-electron chi connectivity index (χ4n) is 1.05. The van der Waals surface area contributed by atoms with E-state index in [2.05, 4.69) is 22.4 Å². The highest BCUT2D eigenvalue weighted by atomic mass is 32.2. The smallest absolute Gasteiger partial charge is 0.190 e. The third kappa shape index (κ3) is 3.31. The molecule has 0 unspecified atom stereocenters. The van der Waals surface area contributed by atoms with Crippen molar-refractivity contribution in [1.29, 1.82) is 0 Å². The van der Waals surface area contributed by atoms with E-state index in [-0.39, 0.29) is 0 Å². The molecule has 5 heteroatoms. The van der Waals surface area contributed by atoms with Crippen molar-refractivity contribution < 1.29 is 0 Å². The summed E-state index contributed by atoms with van der Waals surface area (Å²) in [6, 6.07) is 0. The van der Waals surface area contributed by atoms with Gasteiger partial charge in [0.2, 0.25) is 0 Å². The average Bonchev–Trinajstić information content (AvgIpc) is 2.49. The molecular weight excluding hydrogens is 196 g/mol. The Bertz CT molecular complexity index is 272. The number of hydrogen-bond donors (Lipinski definition) is 1. The third-order valence-electron chi connectivity index (χ3n) is 2.03. The summed E-state index contributed by atoms with van der Waals surface area (Å²) in [7, 11) is 2.00. The Kier molecular flexibility index (Phi) is 4.97. The largest absolute Gasteiger partial charge is 0.317 e. The number of nitrogens with one attached hydrogen (secondary N) is 1. The van der Waals surface area contributed by atoms with Gasteiger partial charge in [-0.2, -0.15) is 0 Å². The van der Waals surface area contributed by atoms with E-state index in [1.54, 1.807) is 11.8 Å². The molecule has 0 saturated heterocycles. The lowest BCUT2D eigenvalue weighted by atomic mass is 10.5. The Morgan fingerprint density at radius 3 is 2.79 bits per heavy atom. The minimum Gasteiger partial charge on any atom is -0.317 e. The Morgan fingerprint density at radius 1 is 1.43 bits per heavy atom. The summed E-state index contributed by atoms with van der Waals surface area (Å²) in [5.41, 5.74) is 0. The van der Waals surface area contributed by atoms with Crippen molar-refractivity contribution in [3.8, 4) is 0 Å². The molecule has 1 aromatic heterocycles. The summed E-state index contributed by atoms with van der Waals surface area (Å²) < 4.78 is 2.03. The summed E-state index contributed by atoms with van der Waals surface area (Å²) in [6.07, 6.45) is 1.17. The number of rotatable bonds is 6. The van der Waals surface area contributed by atoms with Gasteiger partial charge in [-0.25, -0.2) is 0 Å². The fourth-order valence-corrected chi connectivity index (χ4v) is 1.95. The van der Waals surface area contributed by atoms with Gasteiger partial charge in [0.25, 0.3) is 0 Å². The first-order valence-corrected chi connectivity index (χ1v) is 5.93. The van der Waals surface area contributed by atoms with E-state index >= 15 is 0 Å². The Hall–Kier alpha value is -0.550. The predicted molar refractivity (Wildman–Crippen MR) is 59.6 cm³/mol. The standard InChI is InChI=1S/C9H18N4S/c1-4-10-6-5-7-14-9-12-11-8(2)13(9)3/h10H,4-7H2,1-3H3. The maximum absolute atomic E-state index is 4.09. The second kappa shape index (κ2) is 6.03. The third-order valence-corrected chi connectivity index (χ3v) is 3.14. The molecule has 0 bridgehead atoms. The minimum atomic E-state index is 0.971. The lowest BCUT2D eigenvalue weighted by Gasteiger charge is -2.02. The molecule has 1 rings (SSSR count). The molecule has 0 aliphatic rings. The Labute approximate surface area is 89.5 Å². The number of hydrogen-bond acceptors (Lipinski definition) is 4. The average molecular weight is 214 g/mol. The van der Waals surface area contributed by atoms with Crippen molar-refractivity contribution in [3.05, 3.63) is 5.82 Å². The quantitative estimate of drug-likeness (QED) is 0.571. The fraction of sp³-hybridized carbons (Fsp3) is 0.778. The van der Waals surface area contributed by atoms with Gasteiger partial charge in [-0.15, -0.1) is 10.2 Å². The number of nitrogens with zero attached hydrogens (tertiary/aromatic N) is 3. The van der Waals surface area contributed by atoms with Gasteiger partial charge in [-0.05, 0) is 26.4 Å². The van der Waals surface area contributed by atoms with Crippen molar-refractivity contribution in [3.63, 3.8) is 0 Å². The Morgan fingerprint density at radius 2 is 2.21 bits per heavy atom. The summed E-state index contributed by atoms with van der Waals surface area (Å²) >= 11 is 1.77. The molecule has 0 atom stereocenters. The second-order valence-electron chi connectivity index (χ2n) is 3.14. The summed E-state index contributed by atoms with van der Waals surface area (Å²) in [6.45, 7) is 6.23. The van der Waals surface area contributed by atoms with E-state index in [1.165, 1.54) is 6.42 Å². The van der Waals surface area contributed by atoms with Crippen LogP contribution in [0, 0.1) is 6.92 Å². The van der Waals surface area contributed by atoms with Gasteiger partial charge in [0.15, 0.2) is 5.16 Å². The van der Waals surface area contributed by atoms with Crippen LogP contribution in [0.15, 0.2) is 5.16 Å². The van der Waals surface area contributed by atoms with Gasteiger partial charge < -0.3 is 9.88 Å². The molecule has 4 nitrogen and oxygen atoms in total. The van der Waals surface area contributed by atoms with E-state index in [1.807, 2.05) is 18.5 Å². The molecule has 1 N–H and O–H groups in total. The molecule has 0 aliphatic carbocycles. The molecule has 0 saturated carbocycles. The van der Waals surface area contributed by atoms with E-state index < -0.39 is 0 Å². The van der Waals surface area contributed by atoms with Crippen molar-refractivity contribution >= 4 is 11.8 Å². The van der Waals surface area contributed by atoms with Crippen LogP contribution in [0.4, 0.5) is 0 Å². The van der Waals surface area contributed by atoms with Crippen LogP contribution in [-0.4, -0.2) is 33.6 Å². The number of aryl methyl sites for hydroxylation is 1. The van der Waals surface area contributed by atoms with Crippen molar-refractivity contribution in [2.24, 2.45) is 7.05 Å². The van der Waals surface area contributed by atoms with Crippen LogP contribution < -0.4 is 5.32 Å². The first kappa shape index (κ1) is 11.5. The molecule has 0 fully saturated rings. The predicted octanol–water partition coefficient (Wildman–Crippen LogP) is 1.22. The van der Waals surface area contributed by atoms with E-state index in [9.17, 15) is 0 Å². The SMILES string of the molecule is CCNCCCSc1nnc(C)n1C. The monoisotopic (exact) mass is 214 g/mol. The first-order chi connectivity index (χ1) is 6.75. The van der Waals surface area contributed by atoms with Crippen molar-refractivity contribution in [1.82, 2.24) is 20.1 Å². The van der Waals surface area contributed by atoms with Gasteiger partial charge in [-0.1, -0.05) is 18.7 Å². The van der Waals surface area contributed by atoms with E-state index in [0.717, 1.165) is 29.8 Å². The van der Waals surface area contributed by atoms with Crippen LogP contribution in [0.25, 0.3) is 0 Å². The van der Waals surface area contributed by atoms with Crippen LogP contribution in [0.2, 0.25) is 0 Å². The zero-order valence-corrected chi connectivity index (χ0v) is 9.89. The van der Waals surface area contributed by atoms with E-state index in [4.69, 9.17) is 0 Å². The topological polar surface area (TPSA) is 42.7 Å². The summed E-state index contributed by atoms with van der Waals surface area (Å²) in [4.78, 5) is 0. The van der Waals surface area contributed by atoms with Crippen molar-refractivity contribution in [2.45, 2.75) is 25.4 Å². The van der Waals surface area contributed by atoms with Crippen LogP contribution in [0.1, 0.15) is 19.2 Å². The zero-order valence-electron chi connectivity index (χ0n) is 9.08. The van der Waals surface area contributed by atoms with Gasteiger partial charge in [-0.3, -0.25) is 0 Å². The molecule has 1 heterocycles. The number of thioether (sulfide) groups is 1. The maximum Gasteiger partial charge on any atom is 0.190 e. The van der Waals surface area contributed by atoms with E-state index in [0.29, 0.717) is 0 Å². The highest BCUT2D eigenvalue weighted by Gasteiger charge is 2.03. The molecule has 80 valence electrons. The molecule has 0 aromatic carbocycles. The molecule has 0 spiro atoms. The van der Waals surface area contributed by atoms with Crippen LogP contribution in [-0.2, 0) is 7.05 Å². The molecule has 0 amide bonds. The lowest BCUT2D eigenvalue weighted by Crippen LogP contribution is -2.14. The van der Waals surface area contributed by atoms with Gasteiger partial charge in [0, 0.05) is 12.8 Å². The van der Waals surface area contributed by atoms with Crippen LogP contribution in [0.5, 0.6) is 0 Å². The molecule has 14 heavy (non-hydrogen) atoms. The number of aromatic nitrogens is 3. The van der Waals surface area contributed by atoms with Crippen molar-refractivity contribution in [2.75, 3.05) is 18.8 Å². The summed E-state index contributed by atoms with van der Waals surface area (Å²) in [5.74, 6) is 2.07. The first-order valence-electron chi connectivity index (χ1n) is 4.95.